The molecule has 0 aliphatic rings. The van der Waals surface area contributed by atoms with E-state index in [9.17, 15) is 53.6 Å². The van der Waals surface area contributed by atoms with E-state index in [0.29, 0.717) is 33.5 Å². The summed E-state index contributed by atoms with van der Waals surface area (Å²) in [6.45, 7) is 4.41. The summed E-state index contributed by atoms with van der Waals surface area (Å²) in [5, 5.41) is 15.7. The Labute approximate surface area is 424 Å². The van der Waals surface area contributed by atoms with Crippen LogP contribution in [0.4, 0.5) is 31.0 Å². The van der Waals surface area contributed by atoms with Gasteiger partial charge in [0.1, 0.15) is 18.4 Å². The standard InChI is InChI=1S/C20H20FN3O5S.C19H16N4O5S.C8H10N2O3S.4H2/c1-3-29-20(26)23-30(27,28)15-9-7-14(8-10-15)22-19(25)13(2)24-12-11-16-17(21)5-4-6-18(16)24;1-28-19(25)22-29(26,27)15-7-5-14(6-8-15)21-18(24)12-23-10-9-16-13(11-20)3-2-4-17(16)23;1-6(11)10-14(12,13)8-4-2-7(9)3-5-8;;;;/h4-13H,3H2,1-2H3,(H,22,25)(H,23,26);2-10H,12H2,1H3,(H,21,24)(H,22,25);2-5H,9H2,1H3,(H,10,11);4*1H/t13-;;;;;;/m1....../s1. The molecule has 2 heterocycles. The van der Waals surface area contributed by atoms with Crippen LogP contribution >= 0.6 is 0 Å². The number of benzene rings is 5. The highest BCUT2D eigenvalue weighted by molar-refractivity contribution is 7.90. The highest BCUT2D eigenvalue weighted by atomic mass is 32.2. The molecule has 26 heteroatoms. The number of fused-ring (bicyclic) bond motifs is 2. The van der Waals surface area contributed by atoms with Gasteiger partial charge in [0.15, 0.2) is 0 Å². The molecule has 73 heavy (non-hydrogen) atoms. The summed E-state index contributed by atoms with van der Waals surface area (Å²) in [4.78, 5) is 57.7. The lowest BCUT2D eigenvalue weighted by Crippen LogP contribution is -2.31. The number of halogens is 1. The van der Waals surface area contributed by atoms with Crippen molar-refractivity contribution in [2.75, 3.05) is 30.1 Å². The number of carbonyl (C=O) groups excluding carboxylic acids is 5. The number of sulfonamides is 3. The molecule has 5 amide bonds. The molecule has 390 valence electrons. The van der Waals surface area contributed by atoms with Crippen molar-refractivity contribution in [3.63, 3.8) is 0 Å². The first-order chi connectivity index (χ1) is 34.5. The number of amides is 5. The largest absolute Gasteiger partial charge is 0.452 e. The minimum Gasteiger partial charge on any atom is -0.452 e. The number of carbonyl (C=O) groups is 5. The topological polar surface area (TPSA) is 326 Å². The number of ether oxygens (including phenoxy) is 2. The molecule has 7 N–H and O–H groups in total. The van der Waals surface area contributed by atoms with E-state index in [1.165, 1.54) is 78.9 Å². The average Bonchev–Trinajstić information content (AvgIpc) is 3.97. The van der Waals surface area contributed by atoms with Crippen LogP contribution in [-0.4, -0.2) is 78.0 Å². The zero-order valence-electron chi connectivity index (χ0n) is 39.0. The van der Waals surface area contributed by atoms with Crippen LogP contribution in [0.3, 0.4) is 0 Å². The normalized spacial score (nSPS) is 11.5. The number of nitrogens with one attached hydrogen (secondary N) is 5. The molecule has 1 atom stereocenters. The highest BCUT2D eigenvalue weighted by Crippen LogP contribution is 2.25. The van der Waals surface area contributed by atoms with Crippen molar-refractivity contribution in [3.8, 4) is 6.07 Å². The maximum absolute atomic E-state index is 13.9. The Balaban J connectivity index is 0.000000596. The van der Waals surface area contributed by atoms with Gasteiger partial charge in [0.05, 0.1) is 45.6 Å². The molecule has 0 saturated carbocycles. The van der Waals surface area contributed by atoms with Crippen molar-refractivity contribution in [1.82, 2.24) is 23.3 Å². The van der Waals surface area contributed by atoms with E-state index >= 15 is 0 Å². The van der Waals surface area contributed by atoms with Crippen molar-refractivity contribution in [3.05, 3.63) is 145 Å². The molecule has 0 spiro atoms. The van der Waals surface area contributed by atoms with Gasteiger partial charge in [-0.2, -0.15) is 5.26 Å². The smallest absolute Gasteiger partial charge is 0.421 e. The van der Waals surface area contributed by atoms with E-state index in [4.69, 9.17) is 11.0 Å². The second kappa shape index (κ2) is 23.9. The summed E-state index contributed by atoms with van der Waals surface area (Å²) in [6.07, 6.45) is 1.19. The van der Waals surface area contributed by atoms with E-state index in [2.05, 4.69) is 26.2 Å². The molecule has 5 aromatic carbocycles. The molecule has 22 nitrogen and oxygen atoms in total. The maximum Gasteiger partial charge on any atom is 0.421 e. The molecule has 0 aliphatic carbocycles. The van der Waals surface area contributed by atoms with Crippen LogP contribution in [-0.2, 0) is 60.5 Å². The fourth-order valence-electron chi connectivity index (χ4n) is 6.55. The molecule has 7 rings (SSSR count). The second-order valence-corrected chi connectivity index (χ2v) is 20.2. The lowest BCUT2D eigenvalue weighted by atomic mass is 10.1. The number of nitrogen functional groups attached to an aromatic ring is 1. The fourth-order valence-corrected chi connectivity index (χ4v) is 9.34. The first-order valence-electron chi connectivity index (χ1n) is 21.2. The first kappa shape index (κ1) is 55.1. The van der Waals surface area contributed by atoms with Gasteiger partial charge in [-0.3, -0.25) is 14.4 Å². The van der Waals surface area contributed by atoms with Gasteiger partial charge in [0.2, 0.25) is 17.7 Å². The Bertz CT molecular complexity index is 3580. The number of hydrogen-bond acceptors (Lipinski definition) is 15. The monoisotopic (exact) mass is 1070 g/mol. The van der Waals surface area contributed by atoms with Crippen molar-refractivity contribution in [1.29, 1.82) is 5.26 Å². The molecule has 0 aliphatic heterocycles. The summed E-state index contributed by atoms with van der Waals surface area (Å²) in [5.41, 5.74) is 8.48. The molecule has 0 saturated heterocycles. The van der Waals surface area contributed by atoms with Gasteiger partial charge in [-0.05, 0) is 123 Å². The van der Waals surface area contributed by atoms with Crippen LogP contribution in [0, 0.1) is 17.1 Å². The third-order valence-corrected chi connectivity index (χ3v) is 14.1. The van der Waals surface area contributed by atoms with Crippen LogP contribution in [0.15, 0.2) is 148 Å². The van der Waals surface area contributed by atoms with Gasteiger partial charge in [0.25, 0.3) is 30.1 Å². The van der Waals surface area contributed by atoms with Crippen molar-refractivity contribution < 1.29 is 68.8 Å². The minimum atomic E-state index is -4.08. The van der Waals surface area contributed by atoms with Gasteiger partial charge < -0.3 is 35.0 Å². The molecule has 0 bridgehead atoms. The van der Waals surface area contributed by atoms with Crippen molar-refractivity contribution in [2.45, 2.75) is 48.0 Å². The summed E-state index contributed by atoms with van der Waals surface area (Å²) in [6, 6.07) is 31.0. The summed E-state index contributed by atoms with van der Waals surface area (Å²) >= 11 is 0. The molecule has 2 aromatic heterocycles. The number of nitrogens with two attached hydrogens (primary N) is 1. The van der Waals surface area contributed by atoms with Gasteiger partial charge in [0, 0.05) is 58.4 Å². The third kappa shape index (κ3) is 14.6. The van der Waals surface area contributed by atoms with Crippen LogP contribution in [0.5, 0.6) is 0 Å². The lowest BCUT2D eigenvalue weighted by Gasteiger charge is -2.16. The van der Waals surface area contributed by atoms with Crippen LogP contribution in [0.1, 0.15) is 38.1 Å². The number of anilines is 3. The third-order valence-electron chi connectivity index (χ3n) is 10.00. The fraction of sp³-hybridized carbons (Fsp3) is 0.149. The Morgan fingerprint density at radius 3 is 1.74 bits per heavy atom. The highest BCUT2D eigenvalue weighted by Gasteiger charge is 2.22. The van der Waals surface area contributed by atoms with Crippen LogP contribution < -0.4 is 30.5 Å². The SMILES string of the molecule is CC(=O)NS(=O)(=O)c1ccc(N)cc1.CCOC(=O)NS(=O)(=O)c1ccc(NC(=O)[C@@H](C)n2ccc3c(F)cccc32)cc1.COC(=O)NS(=O)(=O)c1ccc(NC(=O)Cn2ccc3c(C#N)cccc32)cc1.[HH].[HH].[HH].[HH]. The van der Waals surface area contributed by atoms with Crippen LogP contribution in [0.25, 0.3) is 21.8 Å². The van der Waals surface area contributed by atoms with E-state index in [-0.39, 0.29) is 51.2 Å². The Morgan fingerprint density at radius 1 is 0.685 bits per heavy atom. The molecule has 0 radical (unpaired) electrons. The number of hydrogen-bond donors (Lipinski definition) is 6. The van der Waals surface area contributed by atoms with Gasteiger partial charge in [-0.25, -0.2) is 53.4 Å². The molecular weight excluding hydrogens is 1010 g/mol. The van der Waals surface area contributed by atoms with E-state index in [1.54, 1.807) is 81.2 Å². The Morgan fingerprint density at radius 2 is 1.19 bits per heavy atom. The molecular formula is C47H54FN9O13S3. The van der Waals surface area contributed by atoms with E-state index < -0.39 is 54.2 Å². The maximum atomic E-state index is 13.9. The molecule has 0 unspecified atom stereocenters. The zero-order chi connectivity index (χ0) is 53.7. The van der Waals surface area contributed by atoms with Crippen molar-refractivity contribution >= 4 is 98.8 Å². The number of rotatable bonds is 13. The van der Waals surface area contributed by atoms with Gasteiger partial charge in [-0.15, -0.1) is 0 Å². The van der Waals surface area contributed by atoms with Gasteiger partial charge >= 0.3 is 12.2 Å². The van der Waals surface area contributed by atoms with E-state index in [0.717, 1.165) is 24.9 Å². The average molecular weight is 1070 g/mol. The van der Waals surface area contributed by atoms with Crippen LogP contribution in [0.2, 0.25) is 0 Å². The zero-order valence-corrected chi connectivity index (χ0v) is 41.5. The number of methoxy groups -OCH3 is 1. The summed E-state index contributed by atoms with van der Waals surface area (Å²) in [5.74, 6) is -1.68. The first-order valence-corrected chi connectivity index (χ1v) is 25.7. The quantitative estimate of drug-likeness (QED) is 0.0655. The number of aromatic nitrogens is 2. The Kier molecular flexibility index (Phi) is 18.0. The predicted molar refractivity (Wildman–Crippen MR) is 274 cm³/mol. The molecule has 7 aromatic rings. The van der Waals surface area contributed by atoms with E-state index in [1.807, 2.05) is 10.8 Å². The summed E-state index contributed by atoms with van der Waals surface area (Å²) in [7, 11) is -10.8. The lowest BCUT2D eigenvalue weighted by molar-refractivity contribution is -0.119. The summed E-state index contributed by atoms with van der Waals surface area (Å²) < 4.78 is 102. The van der Waals surface area contributed by atoms with Crippen molar-refractivity contribution in [2.24, 2.45) is 0 Å². The van der Waals surface area contributed by atoms with Gasteiger partial charge in [-0.1, -0.05) is 12.1 Å². The Hall–Kier alpha value is -8.80. The predicted octanol–water partition coefficient (Wildman–Crippen LogP) is 6.69. The second-order valence-electron chi connectivity index (χ2n) is 15.1. The molecule has 0 fully saturated rings. The number of nitriles is 1. The number of nitrogens with zero attached hydrogens (tertiary/aromatic N) is 3. The minimum absolute atomic E-state index is 0.